The van der Waals surface area contributed by atoms with Gasteiger partial charge >= 0.3 is 5.97 Å². The Labute approximate surface area is 65.6 Å². The third-order valence-corrected chi connectivity index (χ3v) is 1.20. The van der Waals surface area contributed by atoms with E-state index in [1.165, 1.54) is 0 Å². The summed E-state index contributed by atoms with van der Waals surface area (Å²) >= 11 is 3.91. The topological polar surface area (TPSA) is 52.3 Å². The SMILES string of the molecule is C=COC(=O)[C@@H](N)CCS. The minimum atomic E-state index is -0.574. The summed E-state index contributed by atoms with van der Waals surface area (Å²) < 4.78 is 4.42. The zero-order valence-corrected chi connectivity index (χ0v) is 6.51. The second kappa shape index (κ2) is 5.32. The van der Waals surface area contributed by atoms with E-state index in [4.69, 9.17) is 5.73 Å². The fourth-order valence-electron chi connectivity index (χ4n) is 0.426. The van der Waals surface area contributed by atoms with Gasteiger partial charge in [-0.2, -0.15) is 12.6 Å². The zero-order chi connectivity index (χ0) is 7.98. The third kappa shape index (κ3) is 3.53. The fraction of sp³-hybridized carbons (Fsp3) is 0.500. The molecular weight excluding hydrogens is 150 g/mol. The van der Waals surface area contributed by atoms with Crippen LogP contribution in [0.1, 0.15) is 6.42 Å². The van der Waals surface area contributed by atoms with E-state index in [0.29, 0.717) is 12.2 Å². The van der Waals surface area contributed by atoms with Crippen molar-refractivity contribution in [2.24, 2.45) is 5.73 Å². The van der Waals surface area contributed by atoms with Crippen molar-refractivity contribution < 1.29 is 9.53 Å². The molecule has 0 radical (unpaired) electrons. The zero-order valence-electron chi connectivity index (χ0n) is 5.62. The van der Waals surface area contributed by atoms with Gasteiger partial charge in [0.15, 0.2) is 0 Å². The Kier molecular flexibility index (Phi) is 5.06. The molecule has 0 bridgehead atoms. The van der Waals surface area contributed by atoms with Gasteiger partial charge in [0.1, 0.15) is 6.04 Å². The maximum atomic E-state index is 10.7. The maximum Gasteiger partial charge on any atom is 0.327 e. The molecule has 0 rings (SSSR count). The van der Waals surface area contributed by atoms with Gasteiger partial charge in [0.05, 0.1) is 6.26 Å². The van der Waals surface area contributed by atoms with Crippen LogP contribution in [0.15, 0.2) is 12.8 Å². The van der Waals surface area contributed by atoms with Gasteiger partial charge < -0.3 is 10.5 Å². The predicted molar refractivity (Wildman–Crippen MR) is 42.7 cm³/mol. The highest BCUT2D eigenvalue weighted by atomic mass is 32.1. The van der Waals surface area contributed by atoms with Gasteiger partial charge in [0, 0.05) is 0 Å². The molecule has 58 valence electrons. The van der Waals surface area contributed by atoms with Crippen LogP contribution in [-0.4, -0.2) is 17.8 Å². The highest BCUT2D eigenvalue weighted by molar-refractivity contribution is 7.80. The molecule has 0 amide bonds. The van der Waals surface area contributed by atoms with Gasteiger partial charge in [0.2, 0.25) is 0 Å². The van der Waals surface area contributed by atoms with Crippen molar-refractivity contribution in [1.29, 1.82) is 0 Å². The first kappa shape index (κ1) is 9.52. The average Bonchev–Trinajstić information content (AvgIpc) is 1.89. The van der Waals surface area contributed by atoms with E-state index in [-0.39, 0.29) is 0 Å². The molecule has 0 saturated carbocycles. The smallest absolute Gasteiger partial charge is 0.327 e. The molecule has 0 unspecified atom stereocenters. The monoisotopic (exact) mass is 161 g/mol. The van der Waals surface area contributed by atoms with Crippen molar-refractivity contribution in [2.75, 3.05) is 5.75 Å². The Hall–Kier alpha value is -0.480. The standard InChI is InChI=1S/C6H11NO2S/c1-2-9-6(8)5(7)3-4-10/h2,5,10H,1,3-4,7H2/t5-/m0/s1. The Morgan fingerprint density at radius 1 is 1.90 bits per heavy atom. The molecule has 0 aliphatic heterocycles. The van der Waals surface area contributed by atoms with E-state index in [1.807, 2.05) is 0 Å². The average molecular weight is 161 g/mol. The summed E-state index contributed by atoms with van der Waals surface area (Å²) in [7, 11) is 0. The van der Waals surface area contributed by atoms with Crippen LogP contribution in [0.4, 0.5) is 0 Å². The summed E-state index contributed by atoms with van der Waals surface area (Å²) in [4.78, 5) is 10.7. The van der Waals surface area contributed by atoms with E-state index in [0.717, 1.165) is 6.26 Å². The number of carbonyl (C=O) groups is 1. The fourth-order valence-corrected chi connectivity index (χ4v) is 0.705. The summed E-state index contributed by atoms with van der Waals surface area (Å²) in [5, 5.41) is 0. The molecule has 0 aromatic carbocycles. The number of carbonyl (C=O) groups excluding carboxylic acids is 1. The van der Waals surface area contributed by atoms with Crippen molar-refractivity contribution in [3.8, 4) is 0 Å². The summed E-state index contributed by atoms with van der Waals surface area (Å²) in [5.41, 5.74) is 5.34. The molecule has 10 heavy (non-hydrogen) atoms. The summed E-state index contributed by atoms with van der Waals surface area (Å²) in [6, 6.07) is -0.574. The van der Waals surface area contributed by atoms with Gasteiger partial charge in [-0.05, 0) is 12.2 Å². The minimum absolute atomic E-state index is 0.455. The molecule has 0 aliphatic rings. The van der Waals surface area contributed by atoms with E-state index in [1.54, 1.807) is 0 Å². The number of esters is 1. The first-order valence-corrected chi connectivity index (χ1v) is 3.53. The number of rotatable bonds is 4. The molecule has 0 aromatic rings. The van der Waals surface area contributed by atoms with Crippen molar-refractivity contribution in [2.45, 2.75) is 12.5 Å². The van der Waals surface area contributed by atoms with Crippen LogP contribution in [0.25, 0.3) is 0 Å². The van der Waals surface area contributed by atoms with Crippen LogP contribution in [0.5, 0.6) is 0 Å². The Balaban J connectivity index is 3.58. The number of thiol groups is 1. The molecule has 0 fully saturated rings. The highest BCUT2D eigenvalue weighted by Gasteiger charge is 2.11. The van der Waals surface area contributed by atoms with Gasteiger partial charge in [-0.15, -0.1) is 0 Å². The summed E-state index contributed by atoms with van der Waals surface area (Å²) in [5.74, 6) is 0.122. The Bertz CT molecular complexity index is 127. The Morgan fingerprint density at radius 2 is 2.50 bits per heavy atom. The van der Waals surface area contributed by atoms with Crippen LogP contribution < -0.4 is 5.73 Å². The molecule has 0 aliphatic carbocycles. The van der Waals surface area contributed by atoms with E-state index in [9.17, 15) is 4.79 Å². The normalized spacial score (nSPS) is 12.2. The van der Waals surface area contributed by atoms with Gasteiger partial charge in [0.25, 0.3) is 0 Å². The quantitative estimate of drug-likeness (QED) is 0.355. The number of nitrogens with two attached hydrogens (primary N) is 1. The number of hydrogen-bond acceptors (Lipinski definition) is 4. The maximum absolute atomic E-state index is 10.7. The van der Waals surface area contributed by atoms with E-state index < -0.39 is 12.0 Å². The van der Waals surface area contributed by atoms with Crippen LogP contribution in [0.3, 0.4) is 0 Å². The number of hydrogen-bond donors (Lipinski definition) is 2. The van der Waals surface area contributed by atoms with E-state index in [2.05, 4.69) is 23.9 Å². The lowest BCUT2D eigenvalue weighted by atomic mass is 10.2. The van der Waals surface area contributed by atoms with Crippen LogP contribution in [0, 0.1) is 0 Å². The molecule has 0 spiro atoms. The number of ether oxygens (including phenoxy) is 1. The second-order valence-corrected chi connectivity index (χ2v) is 2.17. The first-order chi connectivity index (χ1) is 4.72. The van der Waals surface area contributed by atoms with Crippen LogP contribution >= 0.6 is 12.6 Å². The molecule has 0 aromatic heterocycles. The predicted octanol–water partition coefficient (Wildman–Crippen LogP) is 0.320. The van der Waals surface area contributed by atoms with Crippen molar-refractivity contribution in [1.82, 2.24) is 0 Å². The van der Waals surface area contributed by atoms with Crippen LogP contribution in [-0.2, 0) is 9.53 Å². The second-order valence-electron chi connectivity index (χ2n) is 1.72. The largest absolute Gasteiger partial charge is 0.434 e. The third-order valence-electron chi connectivity index (χ3n) is 0.942. The lowest BCUT2D eigenvalue weighted by Crippen LogP contribution is -2.31. The Morgan fingerprint density at radius 3 is 2.90 bits per heavy atom. The van der Waals surface area contributed by atoms with Gasteiger partial charge in [-0.3, -0.25) is 0 Å². The van der Waals surface area contributed by atoms with Gasteiger partial charge in [-0.1, -0.05) is 6.58 Å². The van der Waals surface area contributed by atoms with Crippen molar-refractivity contribution >= 4 is 18.6 Å². The molecule has 3 nitrogen and oxygen atoms in total. The molecule has 0 heterocycles. The molecular formula is C6H11NO2S. The lowest BCUT2D eigenvalue weighted by molar-refractivity contribution is -0.139. The van der Waals surface area contributed by atoms with Crippen molar-refractivity contribution in [3.63, 3.8) is 0 Å². The first-order valence-electron chi connectivity index (χ1n) is 2.90. The summed E-state index contributed by atoms with van der Waals surface area (Å²) in [6.45, 7) is 3.23. The highest BCUT2D eigenvalue weighted by Crippen LogP contribution is 1.93. The molecule has 2 N–H and O–H groups in total. The molecule has 1 atom stereocenters. The minimum Gasteiger partial charge on any atom is -0.434 e. The van der Waals surface area contributed by atoms with Crippen LogP contribution in [0.2, 0.25) is 0 Å². The summed E-state index contributed by atoms with van der Waals surface area (Å²) in [6.07, 6.45) is 1.59. The lowest BCUT2D eigenvalue weighted by Gasteiger charge is -2.05. The molecule has 0 saturated heterocycles. The molecule has 4 heteroatoms. The van der Waals surface area contributed by atoms with E-state index >= 15 is 0 Å². The van der Waals surface area contributed by atoms with Crippen molar-refractivity contribution in [3.05, 3.63) is 12.8 Å². The van der Waals surface area contributed by atoms with Gasteiger partial charge in [-0.25, -0.2) is 4.79 Å².